The molecule has 1 fully saturated rings. The van der Waals surface area contributed by atoms with Gasteiger partial charge in [0, 0.05) is 11.4 Å². The predicted molar refractivity (Wildman–Crippen MR) is 76.1 cm³/mol. The SMILES string of the molecule is Clc1ccc2c(c1)CC1(Cc3nnc(Br)n3-2)OCCO1. The Morgan fingerprint density at radius 2 is 2.00 bits per heavy atom. The molecule has 0 saturated carbocycles. The summed E-state index contributed by atoms with van der Waals surface area (Å²) < 4.78 is 14.4. The number of hydrogen-bond donors (Lipinski definition) is 0. The van der Waals surface area contributed by atoms with E-state index in [0.717, 1.165) is 17.1 Å². The van der Waals surface area contributed by atoms with E-state index in [-0.39, 0.29) is 0 Å². The molecule has 20 heavy (non-hydrogen) atoms. The highest BCUT2D eigenvalue weighted by Crippen LogP contribution is 2.36. The molecule has 104 valence electrons. The smallest absolute Gasteiger partial charge is 0.204 e. The summed E-state index contributed by atoms with van der Waals surface area (Å²) in [4.78, 5) is 0. The molecule has 4 rings (SSSR count). The second kappa shape index (κ2) is 4.53. The van der Waals surface area contributed by atoms with E-state index in [1.807, 2.05) is 22.8 Å². The van der Waals surface area contributed by atoms with Crippen LogP contribution in [0.4, 0.5) is 0 Å². The number of nitrogens with zero attached hydrogens (tertiary/aromatic N) is 3. The number of aromatic nitrogens is 3. The molecule has 0 unspecified atom stereocenters. The van der Waals surface area contributed by atoms with Gasteiger partial charge in [-0.1, -0.05) is 11.6 Å². The van der Waals surface area contributed by atoms with Gasteiger partial charge >= 0.3 is 0 Å². The first kappa shape index (κ1) is 12.8. The quantitative estimate of drug-likeness (QED) is 0.728. The molecule has 3 heterocycles. The maximum Gasteiger partial charge on any atom is 0.204 e. The van der Waals surface area contributed by atoms with Crippen molar-refractivity contribution in [1.82, 2.24) is 14.8 Å². The van der Waals surface area contributed by atoms with Crippen LogP contribution in [0, 0.1) is 0 Å². The lowest BCUT2D eigenvalue weighted by Gasteiger charge is -2.25. The van der Waals surface area contributed by atoms with E-state index >= 15 is 0 Å². The fourth-order valence-electron chi connectivity index (χ4n) is 2.86. The van der Waals surface area contributed by atoms with Gasteiger partial charge in [-0.25, -0.2) is 0 Å². The highest BCUT2D eigenvalue weighted by molar-refractivity contribution is 9.10. The standard InChI is InChI=1S/C13H11BrClN3O2/c14-12-17-16-11-7-13(19-3-4-20-13)6-8-5-9(15)1-2-10(8)18(11)12/h1-2,5H,3-4,6-7H2. The lowest BCUT2D eigenvalue weighted by Crippen LogP contribution is -2.35. The first-order valence-electron chi connectivity index (χ1n) is 6.33. The minimum Gasteiger partial charge on any atom is -0.347 e. The first-order chi connectivity index (χ1) is 9.67. The van der Waals surface area contributed by atoms with Crippen LogP contribution < -0.4 is 0 Å². The van der Waals surface area contributed by atoms with Crippen LogP contribution in [0.1, 0.15) is 11.4 Å². The molecular formula is C13H11BrClN3O2. The van der Waals surface area contributed by atoms with Crippen molar-refractivity contribution in [2.75, 3.05) is 13.2 Å². The number of fused-ring (bicyclic) bond motifs is 3. The molecular weight excluding hydrogens is 346 g/mol. The van der Waals surface area contributed by atoms with Gasteiger partial charge in [-0.15, -0.1) is 10.2 Å². The van der Waals surface area contributed by atoms with E-state index in [1.54, 1.807) is 0 Å². The highest BCUT2D eigenvalue weighted by atomic mass is 79.9. The van der Waals surface area contributed by atoms with Gasteiger partial charge < -0.3 is 9.47 Å². The van der Waals surface area contributed by atoms with Crippen LogP contribution in [-0.4, -0.2) is 33.8 Å². The molecule has 1 aromatic carbocycles. The van der Waals surface area contributed by atoms with Crippen molar-refractivity contribution >= 4 is 27.5 Å². The van der Waals surface area contributed by atoms with Gasteiger partial charge in [-0.2, -0.15) is 0 Å². The van der Waals surface area contributed by atoms with Crippen molar-refractivity contribution in [3.8, 4) is 5.69 Å². The minimum absolute atomic E-state index is 0.567. The maximum atomic E-state index is 6.13. The van der Waals surface area contributed by atoms with E-state index in [2.05, 4.69) is 26.1 Å². The van der Waals surface area contributed by atoms with Gasteiger partial charge in [-0.3, -0.25) is 4.57 Å². The Balaban J connectivity index is 1.95. The third-order valence-corrected chi connectivity index (χ3v) is 4.42. The van der Waals surface area contributed by atoms with E-state index < -0.39 is 5.79 Å². The minimum atomic E-state index is -0.653. The fraction of sp³-hybridized carbons (Fsp3) is 0.385. The van der Waals surface area contributed by atoms with Gasteiger partial charge in [0.05, 0.1) is 25.3 Å². The van der Waals surface area contributed by atoms with Crippen LogP contribution >= 0.6 is 27.5 Å². The van der Waals surface area contributed by atoms with E-state index in [4.69, 9.17) is 21.1 Å². The summed E-state index contributed by atoms with van der Waals surface area (Å²) in [7, 11) is 0. The van der Waals surface area contributed by atoms with Gasteiger partial charge in [0.25, 0.3) is 0 Å². The maximum absolute atomic E-state index is 6.13. The van der Waals surface area contributed by atoms with Gasteiger partial charge in [0.15, 0.2) is 5.79 Å². The zero-order valence-corrected chi connectivity index (χ0v) is 12.8. The fourth-order valence-corrected chi connectivity index (χ4v) is 3.53. The Hall–Kier alpha value is -0.950. The third-order valence-electron chi connectivity index (χ3n) is 3.67. The lowest BCUT2D eigenvalue weighted by molar-refractivity contribution is -0.155. The molecule has 0 atom stereocenters. The summed E-state index contributed by atoms with van der Waals surface area (Å²) in [5.41, 5.74) is 2.08. The van der Waals surface area contributed by atoms with Crippen LogP contribution in [-0.2, 0) is 22.3 Å². The summed E-state index contributed by atoms with van der Waals surface area (Å²) in [6.45, 7) is 1.20. The molecule has 7 heteroatoms. The van der Waals surface area contributed by atoms with Crippen LogP contribution in [0.3, 0.4) is 0 Å². The monoisotopic (exact) mass is 355 g/mol. The Kier molecular flexibility index (Phi) is 2.89. The van der Waals surface area contributed by atoms with Crippen molar-refractivity contribution in [1.29, 1.82) is 0 Å². The van der Waals surface area contributed by atoms with Crippen LogP contribution in [0.2, 0.25) is 5.02 Å². The Bertz CT molecular complexity index is 682. The van der Waals surface area contributed by atoms with Gasteiger partial charge in [0.1, 0.15) is 5.82 Å². The second-order valence-electron chi connectivity index (χ2n) is 4.95. The highest BCUT2D eigenvalue weighted by Gasteiger charge is 2.41. The number of halogens is 2. The molecule has 2 aliphatic heterocycles. The number of benzene rings is 1. The summed E-state index contributed by atoms with van der Waals surface area (Å²) >= 11 is 9.58. The Labute approximate surface area is 129 Å². The molecule has 1 spiro atoms. The largest absolute Gasteiger partial charge is 0.347 e. The number of rotatable bonds is 0. The van der Waals surface area contributed by atoms with Crippen molar-refractivity contribution in [2.45, 2.75) is 18.6 Å². The number of hydrogen-bond acceptors (Lipinski definition) is 4. The summed E-state index contributed by atoms with van der Waals surface area (Å²) in [5, 5.41) is 9.03. The van der Waals surface area contributed by atoms with Crippen LogP contribution in [0.25, 0.3) is 5.69 Å². The van der Waals surface area contributed by atoms with Crippen molar-refractivity contribution in [3.63, 3.8) is 0 Å². The molecule has 5 nitrogen and oxygen atoms in total. The average Bonchev–Trinajstić information content (AvgIpc) is 2.95. The van der Waals surface area contributed by atoms with E-state index in [9.17, 15) is 0 Å². The predicted octanol–water partition coefficient (Wildman–Crippen LogP) is 2.52. The molecule has 1 aromatic heterocycles. The third kappa shape index (κ3) is 1.90. The molecule has 0 amide bonds. The van der Waals surface area contributed by atoms with Gasteiger partial charge in [0.2, 0.25) is 4.73 Å². The summed E-state index contributed by atoms with van der Waals surface area (Å²) in [6.07, 6.45) is 1.22. The van der Waals surface area contributed by atoms with E-state index in [0.29, 0.717) is 35.8 Å². The molecule has 1 saturated heterocycles. The molecule has 2 aromatic rings. The van der Waals surface area contributed by atoms with Crippen LogP contribution in [0.15, 0.2) is 22.9 Å². The van der Waals surface area contributed by atoms with Crippen molar-refractivity contribution in [2.24, 2.45) is 0 Å². The molecule has 0 aliphatic carbocycles. The molecule has 2 aliphatic rings. The second-order valence-corrected chi connectivity index (χ2v) is 6.10. The van der Waals surface area contributed by atoms with Crippen molar-refractivity contribution in [3.05, 3.63) is 39.3 Å². The zero-order valence-electron chi connectivity index (χ0n) is 10.5. The lowest BCUT2D eigenvalue weighted by atomic mass is 10.0. The Morgan fingerprint density at radius 3 is 2.80 bits per heavy atom. The average molecular weight is 357 g/mol. The topological polar surface area (TPSA) is 49.2 Å². The van der Waals surface area contributed by atoms with Gasteiger partial charge in [-0.05, 0) is 39.7 Å². The first-order valence-corrected chi connectivity index (χ1v) is 7.50. The Morgan fingerprint density at radius 1 is 1.20 bits per heavy atom. The normalized spacial score (nSPS) is 19.7. The van der Waals surface area contributed by atoms with Crippen molar-refractivity contribution < 1.29 is 9.47 Å². The summed E-state index contributed by atoms with van der Waals surface area (Å²) in [5.74, 6) is 0.167. The molecule has 0 N–H and O–H groups in total. The zero-order chi connectivity index (χ0) is 13.7. The van der Waals surface area contributed by atoms with Crippen LogP contribution in [0.5, 0.6) is 0 Å². The molecule has 0 radical (unpaired) electrons. The molecule has 0 bridgehead atoms. The van der Waals surface area contributed by atoms with E-state index in [1.165, 1.54) is 0 Å². The number of ether oxygens (including phenoxy) is 2. The summed E-state index contributed by atoms with van der Waals surface area (Å²) in [6, 6.07) is 5.79.